The number of hydrogen-bond donors (Lipinski definition) is 5. The predicted molar refractivity (Wildman–Crippen MR) is 152 cm³/mol. The van der Waals surface area contributed by atoms with Crippen LogP contribution in [-0.4, -0.2) is 66.2 Å². The molecule has 2 aromatic carbocycles. The lowest BCUT2D eigenvalue weighted by molar-refractivity contribution is 0.234. The Morgan fingerprint density at radius 2 is 1.79 bits per heavy atom. The minimum Gasteiger partial charge on any atom is -0.395 e. The number of nitrogens with zero attached hydrogens (tertiary/aromatic N) is 3. The molecule has 1 saturated heterocycles. The number of anilines is 5. The zero-order chi connectivity index (χ0) is 27.8. The van der Waals surface area contributed by atoms with Crippen molar-refractivity contribution < 1.29 is 23.0 Å². The average molecular weight is 559 g/mol. The molecule has 5 N–H and O–H groups in total. The highest BCUT2D eigenvalue weighted by atomic mass is 32.2. The summed E-state index contributed by atoms with van der Waals surface area (Å²) in [4.78, 5) is 11.1. The maximum Gasteiger partial charge on any atom is 0.234 e. The van der Waals surface area contributed by atoms with Crippen molar-refractivity contribution in [2.45, 2.75) is 45.1 Å². The smallest absolute Gasteiger partial charge is 0.234 e. The molecule has 39 heavy (non-hydrogen) atoms. The van der Waals surface area contributed by atoms with Gasteiger partial charge in [0.15, 0.2) is 5.82 Å². The van der Waals surface area contributed by atoms with Crippen LogP contribution in [-0.2, 0) is 10.0 Å². The normalized spacial score (nSPS) is 16.9. The molecule has 1 aliphatic heterocycles. The van der Waals surface area contributed by atoms with Crippen LogP contribution in [0.25, 0.3) is 10.9 Å². The molecule has 0 atom stereocenters. The van der Waals surface area contributed by atoms with Gasteiger partial charge in [-0.05, 0) is 69.2 Å². The van der Waals surface area contributed by atoms with Crippen LogP contribution in [0, 0.1) is 11.2 Å². The van der Waals surface area contributed by atoms with Crippen LogP contribution in [0.1, 0.15) is 39.5 Å². The Morgan fingerprint density at radius 3 is 2.46 bits per heavy atom. The summed E-state index contributed by atoms with van der Waals surface area (Å²) in [5, 5.41) is 25.6. The summed E-state index contributed by atoms with van der Waals surface area (Å²) in [6.07, 6.45) is 5.94. The van der Waals surface area contributed by atoms with Crippen molar-refractivity contribution in [1.29, 1.82) is 0 Å². The fourth-order valence-corrected chi connectivity index (χ4v) is 5.90. The largest absolute Gasteiger partial charge is 0.395 e. The van der Waals surface area contributed by atoms with Crippen LogP contribution < -0.4 is 20.3 Å². The summed E-state index contributed by atoms with van der Waals surface area (Å²) in [5.41, 5.74) is 1.74. The molecular weight excluding hydrogens is 523 g/mol. The van der Waals surface area contributed by atoms with Crippen LogP contribution in [0.5, 0.6) is 0 Å². The van der Waals surface area contributed by atoms with Crippen LogP contribution in [0.15, 0.2) is 36.7 Å². The van der Waals surface area contributed by atoms with Gasteiger partial charge in [-0.25, -0.2) is 22.8 Å². The Bertz CT molecular complexity index is 1470. The van der Waals surface area contributed by atoms with Crippen LogP contribution >= 0.6 is 0 Å². The Kier molecular flexibility index (Phi) is 7.29. The molecule has 1 aromatic heterocycles. The first-order chi connectivity index (χ1) is 18.5. The van der Waals surface area contributed by atoms with Crippen molar-refractivity contribution in [3.63, 3.8) is 0 Å². The Morgan fingerprint density at radius 1 is 1.08 bits per heavy atom. The average Bonchev–Trinajstić information content (AvgIpc) is 3.64. The third-order valence-electron chi connectivity index (χ3n) is 7.59. The SMILES string of the molecule is CC(C)(CO)Nc1cccc(Nc2ncnc3cc(NS(=O)(=O)CCO)cc(N4CCC5(CC4)CC5)c23)c1F. The molecule has 2 aliphatic rings. The van der Waals surface area contributed by atoms with Crippen LogP contribution in [0.3, 0.4) is 0 Å². The van der Waals surface area contributed by atoms with Gasteiger partial charge in [-0.15, -0.1) is 0 Å². The van der Waals surface area contributed by atoms with E-state index < -0.39 is 33.7 Å². The zero-order valence-corrected chi connectivity index (χ0v) is 23.0. The lowest BCUT2D eigenvalue weighted by Crippen LogP contribution is -2.35. The molecule has 210 valence electrons. The van der Waals surface area contributed by atoms with E-state index in [9.17, 15) is 13.5 Å². The number of aromatic nitrogens is 2. The number of benzene rings is 2. The Hall–Kier alpha value is -3.22. The van der Waals surface area contributed by atoms with Gasteiger partial charge >= 0.3 is 0 Å². The van der Waals surface area contributed by atoms with Crippen molar-refractivity contribution in [1.82, 2.24) is 9.97 Å². The molecular formula is C27H35FN6O4S. The summed E-state index contributed by atoms with van der Waals surface area (Å²) in [5.74, 6) is -0.543. The molecule has 2 heterocycles. The number of sulfonamides is 1. The zero-order valence-electron chi connectivity index (χ0n) is 22.2. The van der Waals surface area contributed by atoms with E-state index >= 15 is 4.39 Å². The fourth-order valence-electron chi connectivity index (χ4n) is 5.08. The van der Waals surface area contributed by atoms with E-state index in [4.69, 9.17) is 5.11 Å². The van der Waals surface area contributed by atoms with E-state index in [-0.39, 0.29) is 18.0 Å². The number of halogens is 1. The lowest BCUT2D eigenvalue weighted by Gasteiger charge is -2.35. The van der Waals surface area contributed by atoms with E-state index in [0.29, 0.717) is 27.8 Å². The summed E-state index contributed by atoms with van der Waals surface area (Å²) in [6.45, 7) is 4.49. The van der Waals surface area contributed by atoms with Gasteiger partial charge in [0.1, 0.15) is 12.1 Å². The number of aliphatic hydroxyl groups is 2. The van der Waals surface area contributed by atoms with Crippen LogP contribution in [0.4, 0.5) is 33.0 Å². The van der Waals surface area contributed by atoms with Gasteiger partial charge in [-0.3, -0.25) is 4.72 Å². The van der Waals surface area contributed by atoms with Gasteiger partial charge in [-0.1, -0.05) is 6.07 Å². The second-order valence-electron chi connectivity index (χ2n) is 11.2. The first-order valence-electron chi connectivity index (χ1n) is 13.1. The van der Waals surface area contributed by atoms with Crippen molar-refractivity contribution in [2.24, 2.45) is 5.41 Å². The molecule has 1 spiro atoms. The molecule has 10 nitrogen and oxygen atoms in total. The predicted octanol–water partition coefficient (Wildman–Crippen LogP) is 3.81. The third-order valence-corrected chi connectivity index (χ3v) is 8.86. The summed E-state index contributed by atoms with van der Waals surface area (Å²) in [7, 11) is -3.75. The maximum atomic E-state index is 15.5. The summed E-state index contributed by atoms with van der Waals surface area (Å²) in [6, 6.07) is 8.29. The highest BCUT2D eigenvalue weighted by molar-refractivity contribution is 7.92. The molecule has 0 bridgehead atoms. The Balaban J connectivity index is 1.56. The highest BCUT2D eigenvalue weighted by Crippen LogP contribution is 2.54. The van der Waals surface area contributed by atoms with Gasteiger partial charge < -0.3 is 25.7 Å². The van der Waals surface area contributed by atoms with Crippen molar-refractivity contribution >= 4 is 49.5 Å². The van der Waals surface area contributed by atoms with Crippen LogP contribution in [0.2, 0.25) is 0 Å². The van der Waals surface area contributed by atoms with E-state index in [2.05, 4.69) is 30.2 Å². The first-order valence-corrected chi connectivity index (χ1v) is 14.8. The molecule has 0 amide bonds. The molecule has 0 unspecified atom stereocenters. The van der Waals surface area contributed by atoms with E-state index in [1.165, 1.54) is 19.2 Å². The minimum atomic E-state index is -3.75. The number of fused-ring (bicyclic) bond motifs is 1. The van der Waals surface area contributed by atoms with E-state index in [0.717, 1.165) is 31.6 Å². The number of hydrogen-bond acceptors (Lipinski definition) is 9. The quantitative estimate of drug-likeness (QED) is 0.251. The van der Waals surface area contributed by atoms with Gasteiger partial charge in [0, 0.05) is 13.1 Å². The van der Waals surface area contributed by atoms with Gasteiger partial charge in [0.25, 0.3) is 0 Å². The van der Waals surface area contributed by atoms with Crippen molar-refractivity contribution in [3.05, 3.63) is 42.5 Å². The van der Waals surface area contributed by atoms with E-state index in [1.54, 1.807) is 44.2 Å². The lowest BCUT2D eigenvalue weighted by atomic mass is 9.93. The molecule has 2 fully saturated rings. The highest BCUT2D eigenvalue weighted by Gasteiger charge is 2.44. The van der Waals surface area contributed by atoms with Gasteiger partial charge in [0.2, 0.25) is 10.0 Å². The van der Waals surface area contributed by atoms with Crippen molar-refractivity contribution in [3.8, 4) is 0 Å². The second-order valence-corrected chi connectivity index (χ2v) is 13.0. The molecule has 5 rings (SSSR count). The third kappa shape index (κ3) is 6.02. The topological polar surface area (TPSA) is 140 Å². The fraction of sp³-hybridized carbons (Fsp3) is 0.481. The first kappa shape index (κ1) is 27.4. The number of rotatable bonds is 10. The van der Waals surface area contributed by atoms with Crippen molar-refractivity contribution in [2.75, 3.05) is 52.3 Å². The van der Waals surface area contributed by atoms with E-state index in [1.807, 2.05) is 0 Å². The molecule has 0 radical (unpaired) electrons. The standard InChI is InChI=1S/C27H35FN6O4S/c1-26(2,16-36)32-20-5-3-4-19(24(20)28)31-25-23-21(29-17-30-25)14-18(33-39(37,38)13-12-35)15-22(23)34-10-8-27(6-7-27)9-11-34/h3-5,14-15,17,32-33,35-36H,6-13,16H2,1-2H3,(H,29,30,31). The molecule has 12 heteroatoms. The van der Waals surface area contributed by atoms with Gasteiger partial charge in [0.05, 0.1) is 58.2 Å². The summed E-state index contributed by atoms with van der Waals surface area (Å²) >= 11 is 0. The minimum absolute atomic E-state index is 0.175. The second kappa shape index (κ2) is 10.4. The number of piperidine rings is 1. The molecule has 3 aromatic rings. The monoisotopic (exact) mass is 558 g/mol. The van der Waals surface area contributed by atoms with Gasteiger partial charge in [-0.2, -0.15) is 0 Å². The summed E-state index contributed by atoms with van der Waals surface area (Å²) < 4.78 is 42.9. The molecule has 1 saturated carbocycles. The Labute approximate surface area is 227 Å². The maximum absolute atomic E-state index is 15.5. The molecule has 1 aliphatic carbocycles. The number of nitrogens with one attached hydrogen (secondary N) is 3. The number of aliphatic hydroxyl groups excluding tert-OH is 2.